The molecule has 1 saturated carbocycles. The summed E-state index contributed by atoms with van der Waals surface area (Å²) in [7, 11) is 0. The fraction of sp³-hybridized carbons (Fsp3) is 1.00. The molecule has 2 heteroatoms. The molecule has 0 heterocycles. The lowest BCUT2D eigenvalue weighted by Gasteiger charge is -1.84. The van der Waals surface area contributed by atoms with Crippen LogP contribution in [0.2, 0.25) is 0 Å². The Morgan fingerprint density at radius 2 is 1.44 bits per heavy atom. The molecule has 0 aliphatic heterocycles. The first-order valence-electron chi connectivity index (χ1n) is 3.56. The molecule has 54 valence electrons. The maximum atomic E-state index is 8.70. The topological polar surface area (TPSA) is 40.5 Å². The highest BCUT2D eigenvalue weighted by Gasteiger charge is 2.47. The van der Waals surface area contributed by atoms with Gasteiger partial charge in [-0.15, -0.1) is 0 Å². The van der Waals surface area contributed by atoms with Crippen LogP contribution in [0.15, 0.2) is 0 Å². The second-order valence-electron chi connectivity index (χ2n) is 2.76. The molecule has 1 aliphatic carbocycles. The first-order chi connectivity index (χ1) is 4.35. The fourth-order valence-corrected chi connectivity index (χ4v) is 1.67. The van der Waals surface area contributed by atoms with Crippen LogP contribution >= 0.6 is 0 Å². The average molecular weight is 130 g/mol. The van der Waals surface area contributed by atoms with Crippen LogP contribution < -0.4 is 0 Å². The molecular weight excluding hydrogens is 116 g/mol. The molecule has 1 aliphatic rings. The highest BCUT2D eigenvalue weighted by atomic mass is 16.3. The van der Waals surface area contributed by atoms with Crippen molar-refractivity contribution in [1.29, 1.82) is 0 Å². The third-order valence-electron chi connectivity index (χ3n) is 2.40. The summed E-state index contributed by atoms with van der Waals surface area (Å²) in [5, 5.41) is 17.4. The van der Waals surface area contributed by atoms with Gasteiger partial charge in [-0.25, -0.2) is 0 Å². The first-order valence-corrected chi connectivity index (χ1v) is 3.56. The Labute approximate surface area is 55.5 Å². The molecule has 0 aromatic rings. The molecule has 0 radical (unpaired) electrons. The van der Waals surface area contributed by atoms with Gasteiger partial charge in [0, 0.05) is 13.2 Å². The molecule has 0 bridgehead atoms. The van der Waals surface area contributed by atoms with Gasteiger partial charge >= 0.3 is 0 Å². The van der Waals surface area contributed by atoms with Crippen LogP contribution in [0.4, 0.5) is 0 Å². The molecule has 2 nitrogen and oxygen atoms in total. The summed E-state index contributed by atoms with van der Waals surface area (Å²) in [5.41, 5.74) is 0. The normalized spacial score (nSPS) is 41.0. The van der Waals surface area contributed by atoms with E-state index >= 15 is 0 Å². The van der Waals surface area contributed by atoms with Crippen molar-refractivity contribution in [3.63, 3.8) is 0 Å². The smallest absolute Gasteiger partial charge is 0.0465 e. The quantitative estimate of drug-likeness (QED) is 0.574. The van der Waals surface area contributed by atoms with Crippen LogP contribution in [0, 0.1) is 17.8 Å². The molecule has 1 unspecified atom stereocenters. The largest absolute Gasteiger partial charge is 0.396 e. The molecule has 0 amide bonds. The minimum absolute atomic E-state index is 0.254. The predicted octanol–water partition coefficient (Wildman–Crippen LogP) is 0.243. The van der Waals surface area contributed by atoms with Crippen molar-refractivity contribution >= 4 is 0 Å². The van der Waals surface area contributed by atoms with E-state index < -0.39 is 0 Å². The highest BCUT2D eigenvalue weighted by Crippen LogP contribution is 2.47. The summed E-state index contributed by atoms with van der Waals surface area (Å²) in [6.07, 6.45) is 1.09. The third-order valence-corrected chi connectivity index (χ3v) is 2.40. The molecule has 9 heavy (non-hydrogen) atoms. The van der Waals surface area contributed by atoms with Crippen LogP contribution in [-0.4, -0.2) is 23.4 Å². The Morgan fingerprint density at radius 3 is 1.56 bits per heavy atom. The van der Waals surface area contributed by atoms with Gasteiger partial charge in [0.25, 0.3) is 0 Å². The van der Waals surface area contributed by atoms with Crippen LogP contribution in [0.1, 0.15) is 13.3 Å². The second-order valence-corrected chi connectivity index (χ2v) is 2.76. The van der Waals surface area contributed by atoms with Gasteiger partial charge in [-0.2, -0.15) is 0 Å². The Bertz CT molecular complexity index is 67.9. The van der Waals surface area contributed by atoms with Gasteiger partial charge in [0.1, 0.15) is 0 Å². The predicted molar refractivity (Wildman–Crippen MR) is 34.9 cm³/mol. The van der Waals surface area contributed by atoms with E-state index in [9.17, 15) is 0 Å². The minimum atomic E-state index is 0.254. The Morgan fingerprint density at radius 1 is 1.00 bits per heavy atom. The van der Waals surface area contributed by atoms with E-state index in [-0.39, 0.29) is 13.2 Å². The molecule has 0 aromatic carbocycles. The van der Waals surface area contributed by atoms with Gasteiger partial charge in [-0.1, -0.05) is 13.3 Å². The molecule has 0 aromatic heterocycles. The molecule has 1 rings (SSSR count). The number of rotatable bonds is 3. The van der Waals surface area contributed by atoms with Crippen LogP contribution in [0.25, 0.3) is 0 Å². The SMILES string of the molecule is CCC1[C@@H](CO)[C@H]1CO. The molecule has 0 saturated heterocycles. The molecular formula is C7H14O2. The van der Waals surface area contributed by atoms with Crippen molar-refractivity contribution in [3.8, 4) is 0 Å². The number of hydrogen-bond donors (Lipinski definition) is 2. The van der Waals surface area contributed by atoms with E-state index in [1.54, 1.807) is 0 Å². The second kappa shape index (κ2) is 2.67. The minimum Gasteiger partial charge on any atom is -0.396 e. The van der Waals surface area contributed by atoms with Crippen molar-refractivity contribution in [3.05, 3.63) is 0 Å². The van der Waals surface area contributed by atoms with Crippen molar-refractivity contribution in [2.75, 3.05) is 13.2 Å². The summed E-state index contributed by atoms with van der Waals surface area (Å²) < 4.78 is 0. The zero-order chi connectivity index (χ0) is 6.85. The number of hydrogen-bond acceptors (Lipinski definition) is 2. The van der Waals surface area contributed by atoms with Crippen molar-refractivity contribution in [2.24, 2.45) is 17.8 Å². The lowest BCUT2D eigenvalue weighted by molar-refractivity contribution is 0.232. The van der Waals surface area contributed by atoms with Gasteiger partial charge in [-0.3, -0.25) is 0 Å². The zero-order valence-corrected chi connectivity index (χ0v) is 5.75. The lowest BCUT2D eigenvalue weighted by atomic mass is 10.2. The summed E-state index contributed by atoms with van der Waals surface area (Å²) in [5.74, 6) is 1.40. The van der Waals surface area contributed by atoms with E-state index in [0.29, 0.717) is 17.8 Å². The zero-order valence-electron chi connectivity index (χ0n) is 5.75. The maximum Gasteiger partial charge on any atom is 0.0465 e. The standard InChI is InChI=1S/C7H14O2/c1-2-5-6(3-8)7(5)4-9/h5-9H,2-4H2,1H3/t5?,6-,7+. The molecule has 3 atom stereocenters. The van der Waals surface area contributed by atoms with E-state index in [4.69, 9.17) is 10.2 Å². The summed E-state index contributed by atoms with van der Waals surface area (Å²) in [6, 6.07) is 0. The first kappa shape index (κ1) is 7.03. The van der Waals surface area contributed by atoms with Crippen molar-refractivity contribution in [2.45, 2.75) is 13.3 Å². The summed E-state index contributed by atoms with van der Waals surface area (Å²) in [4.78, 5) is 0. The van der Waals surface area contributed by atoms with Gasteiger partial charge in [-0.05, 0) is 17.8 Å². The maximum absolute atomic E-state index is 8.70. The van der Waals surface area contributed by atoms with E-state index in [2.05, 4.69) is 6.92 Å². The monoisotopic (exact) mass is 130 g/mol. The van der Waals surface area contributed by atoms with Crippen molar-refractivity contribution in [1.82, 2.24) is 0 Å². The summed E-state index contributed by atoms with van der Waals surface area (Å²) >= 11 is 0. The third kappa shape index (κ3) is 1.10. The van der Waals surface area contributed by atoms with E-state index in [0.717, 1.165) is 6.42 Å². The van der Waals surface area contributed by atoms with Crippen LogP contribution in [-0.2, 0) is 0 Å². The van der Waals surface area contributed by atoms with Crippen molar-refractivity contribution < 1.29 is 10.2 Å². The fourth-order valence-electron chi connectivity index (χ4n) is 1.67. The Balaban J connectivity index is 2.26. The number of aliphatic hydroxyl groups is 2. The lowest BCUT2D eigenvalue weighted by Crippen LogP contribution is -1.91. The van der Waals surface area contributed by atoms with E-state index in [1.165, 1.54) is 0 Å². The number of aliphatic hydroxyl groups excluding tert-OH is 2. The molecule has 0 spiro atoms. The Hall–Kier alpha value is -0.0800. The highest BCUT2D eigenvalue weighted by molar-refractivity contribution is 4.94. The van der Waals surface area contributed by atoms with Gasteiger partial charge in [0.2, 0.25) is 0 Å². The Kier molecular flexibility index (Phi) is 2.09. The van der Waals surface area contributed by atoms with Gasteiger partial charge in [0.15, 0.2) is 0 Å². The summed E-state index contributed by atoms with van der Waals surface area (Å²) in [6.45, 7) is 2.61. The van der Waals surface area contributed by atoms with Crippen LogP contribution in [0.3, 0.4) is 0 Å². The van der Waals surface area contributed by atoms with Crippen LogP contribution in [0.5, 0.6) is 0 Å². The van der Waals surface area contributed by atoms with Gasteiger partial charge in [0.05, 0.1) is 0 Å². The van der Waals surface area contributed by atoms with E-state index in [1.807, 2.05) is 0 Å². The van der Waals surface area contributed by atoms with Gasteiger partial charge < -0.3 is 10.2 Å². The molecule has 1 fully saturated rings. The molecule has 2 N–H and O–H groups in total. The average Bonchev–Trinajstić information content (AvgIpc) is 2.59.